The minimum Gasteiger partial charge on any atom is -0.324 e. The van der Waals surface area contributed by atoms with Gasteiger partial charge in [0.2, 0.25) is 0 Å². The monoisotopic (exact) mass is 285 g/mol. The molecule has 1 aromatic rings. The van der Waals surface area contributed by atoms with E-state index in [-0.39, 0.29) is 6.42 Å². The molecule has 20 heavy (non-hydrogen) atoms. The van der Waals surface area contributed by atoms with Gasteiger partial charge in [-0.3, -0.25) is 0 Å². The third-order valence-electron chi connectivity index (χ3n) is 4.71. The third kappa shape index (κ3) is 3.00. The van der Waals surface area contributed by atoms with Crippen LogP contribution in [0.2, 0.25) is 0 Å². The predicted octanol–water partition coefficient (Wildman–Crippen LogP) is 4.67. The van der Waals surface area contributed by atoms with E-state index < -0.39 is 24.1 Å². The van der Waals surface area contributed by atoms with Crippen LogP contribution in [0.25, 0.3) is 0 Å². The zero-order chi connectivity index (χ0) is 14.9. The van der Waals surface area contributed by atoms with E-state index in [4.69, 9.17) is 5.73 Å². The summed E-state index contributed by atoms with van der Waals surface area (Å²) in [7, 11) is 0. The molecule has 0 heterocycles. The van der Waals surface area contributed by atoms with Gasteiger partial charge in [0.15, 0.2) is 0 Å². The molecule has 0 aromatic heterocycles. The van der Waals surface area contributed by atoms with Gasteiger partial charge in [0.05, 0.1) is 5.92 Å². The number of alkyl halides is 3. The quantitative estimate of drug-likeness (QED) is 0.839. The van der Waals surface area contributed by atoms with Crippen LogP contribution in [0.5, 0.6) is 0 Å². The Morgan fingerprint density at radius 1 is 1.15 bits per heavy atom. The van der Waals surface area contributed by atoms with E-state index in [0.717, 1.165) is 23.1 Å². The Balaban J connectivity index is 2.30. The molecule has 1 fully saturated rings. The summed E-state index contributed by atoms with van der Waals surface area (Å²) in [4.78, 5) is 0. The van der Waals surface area contributed by atoms with Crippen LogP contribution in [0.1, 0.15) is 48.4 Å². The van der Waals surface area contributed by atoms with Gasteiger partial charge in [-0.2, -0.15) is 13.2 Å². The lowest BCUT2D eigenvalue weighted by molar-refractivity contribution is -0.198. The first-order chi connectivity index (χ1) is 9.32. The number of aryl methyl sites for hydroxylation is 1. The summed E-state index contributed by atoms with van der Waals surface area (Å²) in [5.74, 6) is -1.75. The van der Waals surface area contributed by atoms with E-state index in [1.165, 1.54) is 0 Å². The average Bonchev–Trinajstić information content (AvgIpc) is 2.40. The normalized spacial score (nSPS) is 25.5. The van der Waals surface area contributed by atoms with Crippen LogP contribution in [0, 0.1) is 25.7 Å². The van der Waals surface area contributed by atoms with Crippen molar-refractivity contribution in [2.75, 3.05) is 0 Å². The zero-order valence-electron chi connectivity index (χ0n) is 12.0. The van der Waals surface area contributed by atoms with Gasteiger partial charge in [-0.25, -0.2) is 0 Å². The Hall–Kier alpha value is -1.03. The topological polar surface area (TPSA) is 26.0 Å². The number of hydrogen-bond acceptors (Lipinski definition) is 1. The molecule has 1 aromatic carbocycles. The highest BCUT2D eigenvalue weighted by molar-refractivity contribution is 5.35. The smallest absolute Gasteiger partial charge is 0.324 e. The molecular weight excluding hydrogens is 263 g/mol. The second-order valence-corrected chi connectivity index (χ2v) is 5.91. The van der Waals surface area contributed by atoms with Crippen LogP contribution in [0.3, 0.4) is 0 Å². The van der Waals surface area contributed by atoms with Crippen molar-refractivity contribution in [1.29, 1.82) is 0 Å². The molecule has 0 saturated heterocycles. The molecule has 1 saturated carbocycles. The van der Waals surface area contributed by atoms with Gasteiger partial charge in [0, 0.05) is 6.04 Å². The Bertz CT molecular complexity index is 467. The maximum Gasteiger partial charge on any atom is 0.392 e. The first-order valence-corrected chi connectivity index (χ1v) is 7.20. The standard InChI is InChI=1S/C16H22F3N/c1-10-6-5-8-12(11(10)2)15(20)13-7-3-4-9-14(13)16(17,18)19/h5-6,8,13-15H,3-4,7,9,20H2,1-2H3. The molecule has 0 bridgehead atoms. The fraction of sp³-hybridized carbons (Fsp3) is 0.625. The van der Waals surface area contributed by atoms with Gasteiger partial charge < -0.3 is 5.73 Å². The van der Waals surface area contributed by atoms with Crippen molar-refractivity contribution in [1.82, 2.24) is 0 Å². The molecule has 3 atom stereocenters. The van der Waals surface area contributed by atoms with Gasteiger partial charge in [-0.1, -0.05) is 31.0 Å². The van der Waals surface area contributed by atoms with E-state index in [9.17, 15) is 13.2 Å². The summed E-state index contributed by atoms with van der Waals surface area (Å²) < 4.78 is 39.6. The van der Waals surface area contributed by atoms with Crippen molar-refractivity contribution in [3.05, 3.63) is 34.9 Å². The van der Waals surface area contributed by atoms with Crippen LogP contribution in [0.4, 0.5) is 13.2 Å². The molecule has 3 unspecified atom stereocenters. The molecule has 0 amide bonds. The van der Waals surface area contributed by atoms with E-state index in [1.807, 2.05) is 32.0 Å². The fourth-order valence-electron chi connectivity index (χ4n) is 3.36. The number of nitrogens with two attached hydrogens (primary N) is 1. The second kappa shape index (κ2) is 5.76. The molecule has 1 nitrogen and oxygen atoms in total. The minimum absolute atomic E-state index is 0.215. The molecule has 0 radical (unpaired) electrons. The highest BCUT2D eigenvalue weighted by atomic mass is 19.4. The average molecular weight is 285 g/mol. The van der Waals surface area contributed by atoms with Crippen molar-refractivity contribution in [3.63, 3.8) is 0 Å². The highest BCUT2D eigenvalue weighted by Gasteiger charge is 2.47. The summed E-state index contributed by atoms with van der Waals surface area (Å²) in [5.41, 5.74) is 9.19. The molecule has 1 aliphatic rings. The first kappa shape index (κ1) is 15.4. The van der Waals surface area contributed by atoms with Crippen LogP contribution in [-0.4, -0.2) is 6.18 Å². The summed E-state index contributed by atoms with van der Waals surface area (Å²) in [6, 6.07) is 5.19. The van der Waals surface area contributed by atoms with Crippen molar-refractivity contribution in [2.24, 2.45) is 17.6 Å². The van der Waals surface area contributed by atoms with Gasteiger partial charge in [0.25, 0.3) is 0 Å². The Morgan fingerprint density at radius 3 is 2.45 bits per heavy atom. The van der Waals surface area contributed by atoms with Crippen LogP contribution >= 0.6 is 0 Å². The molecule has 2 N–H and O–H groups in total. The number of rotatable bonds is 2. The Kier molecular flexibility index (Phi) is 4.43. The number of benzene rings is 1. The molecule has 1 aliphatic carbocycles. The maximum absolute atomic E-state index is 13.2. The van der Waals surface area contributed by atoms with Gasteiger partial charge in [-0.15, -0.1) is 0 Å². The summed E-state index contributed by atoms with van der Waals surface area (Å²) >= 11 is 0. The molecule has 4 heteroatoms. The van der Waals surface area contributed by atoms with Crippen molar-refractivity contribution in [2.45, 2.75) is 51.7 Å². The van der Waals surface area contributed by atoms with E-state index in [0.29, 0.717) is 12.8 Å². The summed E-state index contributed by atoms with van der Waals surface area (Å²) in [5, 5.41) is 0. The molecule has 2 rings (SSSR count). The second-order valence-electron chi connectivity index (χ2n) is 5.91. The number of halogens is 3. The van der Waals surface area contributed by atoms with Crippen LogP contribution in [0.15, 0.2) is 18.2 Å². The maximum atomic E-state index is 13.2. The predicted molar refractivity (Wildman–Crippen MR) is 74.3 cm³/mol. The zero-order valence-corrected chi connectivity index (χ0v) is 12.0. The SMILES string of the molecule is Cc1cccc(C(N)C2CCCCC2C(F)(F)F)c1C. The van der Waals surface area contributed by atoms with E-state index in [1.54, 1.807) is 0 Å². The van der Waals surface area contributed by atoms with Crippen molar-refractivity contribution >= 4 is 0 Å². The summed E-state index contributed by atoms with van der Waals surface area (Å²) in [6.07, 6.45) is -1.86. The Labute approximate surface area is 118 Å². The fourth-order valence-corrected chi connectivity index (χ4v) is 3.36. The first-order valence-electron chi connectivity index (χ1n) is 7.20. The molecule has 0 aliphatic heterocycles. The van der Waals surface area contributed by atoms with E-state index >= 15 is 0 Å². The Morgan fingerprint density at radius 2 is 1.80 bits per heavy atom. The van der Waals surface area contributed by atoms with Crippen LogP contribution in [-0.2, 0) is 0 Å². The van der Waals surface area contributed by atoms with Gasteiger partial charge >= 0.3 is 6.18 Å². The molecule has 0 spiro atoms. The van der Waals surface area contributed by atoms with Gasteiger partial charge in [-0.05, 0) is 49.3 Å². The third-order valence-corrected chi connectivity index (χ3v) is 4.71. The largest absolute Gasteiger partial charge is 0.392 e. The summed E-state index contributed by atoms with van der Waals surface area (Å²) in [6.45, 7) is 3.91. The van der Waals surface area contributed by atoms with Crippen molar-refractivity contribution in [3.8, 4) is 0 Å². The molecular formula is C16H22F3N. The lowest BCUT2D eigenvalue weighted by atomic mass is 9.72. The van der Waals surface area contributed by atoms with E-state index in [2.05, 4.69) is 0 Å². The van der Waals surface area contributed by atoms with Crippen molar-refractivity contribution < 1.29 is 13.2 Å². The lowest BCUT2D eigenvalue weighted by Gasteiger charge is -2.37. The molecule has 112 valence electrons. The minimum atomic E-state index is -4.14. The van der Waals surface area contributed by atoms with Gasteiger partial charge in [0.1, 0.15) is 0 Å². The van der Waals surface area contributed by atoms with Crippen LogP contribution < -0.4 is 5.73 Å². The highest BCUT2D eigenvalue weighted by Crippen LogP contribution is 2.46. The number of hydrogen-bond donors (Lipinski definition) is 1. The lowest BCUT2D eigenvalue weighted by Crippen LogP contribution is -2.39.